The summed E-state index contributed by atoms with van der Waals surface area (Å²) in [7, 11) is 0. The second kappa shape index (κ2) is 6.83. The number of hydrogen-bond donors (Lipinski definition) is 1. The molecule has 1 saturated heterocycles. The van der Waals surface area contributed by atoms with Crippen LogP contribution >= 0.6 is 34.7 Å². The zero-order chi connectivity index (χ0) is 14.7. The molecule has 2 rings (SSSR count). The number of nitrogens with zero attached hydrogens (tertiary/aromatic N) is 1. The molecule has 1 aliphatic heterocycles. The predicted molar refractivity (Wildman–Crippen MR) is 82.4 cm³/mol. The molecule has 4 nitrogen and oxygen atoms in total. The van der Waals surface area contributed by atoms with Gasteiger partial charge in [0.1, 0.15) is 6.04 Å². The van der Waals surface area contributed by atoms with Crippen LogP contribution in [0.15, 0.2) is 12.1 Å². The van der Waals surface area contributed by atoms with E-state index in [0.29, 0.717) is 12.3 Å². The van der Waals surface area contributed by atoms with Crippen molar-refractivity contribution < 1.29 is 14.7 Å². The van der Waals surface area contributed by atoms with Crippen LogP contribution in [0, 0.1) is 5.92 Å². The normalized spacial score (nSPS) is 22.2. The highest BCUT2D eigenvalue weighted by Crippen LogP contribution is 2.27. The Morgan fingerprint density at radius 2 is 2.30 bits per heavy atom. The fourth-order valence-corrected chi connectivity index (χ4v) is 4.46. The van der Waals surface area contributed by atoms with Gasteiger partial charge in [0.15, 0.2) is 0 Å². The number of aliphatic carboxylic acids is 1. The monoisotopic (exact) mass is 333 g/mol. The van der Waals surface area contributed by atoms with E-state index >= 15 is 0 Å². The van der Waals surface area contributed by atoms with Crippen molar-refractivity contribution in [2.75, 3.05) is 12.3 Å². The van der Waals surface area contributed by atoms with Crippen LogP contribution in [-0.2, 0) is 15.3 Å². The van der Waals surface area contributed by atoms with Crippen molar-refractivity contribution in [2.45, 2.75) is 25.1 Å². The molecule has 7 heteroatoms. The molecule has 0 radical (unpaired) electrons. The Bertz CT molecular complexity index is 506. The lowest BCUT2D eigenvalue weighted by molar-refractivity contribution is -0.148. The van der Waals surface area contributed by atoms with Crippen LogP contribution in [0.4, 0.5) is 0 Å². The van der Waals surface area contributed by atoms with Crippen molar-refractivity contribution in [1.29, 1.82) is 0 Å². The number of likely N-dealkylation sites (tertiary alicyclic amines) is 1. The van der Waals surface area contributed by atoms with Gasteiger partial charge >= 0.3 is 5.97 Å². The van der Waals surface area contributed by atoms with E-state index < -0.39 is 12.0 Å². The summed E-state index contributed by atoms with van der Waals surface area (Å²) in [4.78, 5) is 26.0. The van der Waals surface area contributed by atoms with E-state index in [1.165, 1.54) is 28.0 Å². The molecule has 1 N–H and O–H groups in total. The molecule has 1 amide bonds. The lowest BCUT2D eigenvalue weighted by Crippen LogP contribution is -2.43. The first kappa shape index (κ1) is 15.7. The topological polar surface area (TPSA) is 57.6 Å². The van der Waals surface area contributed by atoms with Gasteiger partial charge in [0.05, 0.1) is 10.1 Å². The highest BCUT2D eigenvalue weighted by Gasteiger charge is 2.39. The standard InChI is InChI=1S/C13H16ClNO3S2/c1-8-4-5-15(12(8)13(17)18)11(16)7-19-6-9-2-3-10(14)20-9/h2-3,8,12H,4-7H2,1H3,(H,17,18). The molecule has 0 aromatic carbocycles. The molecule has 0 spiro atoms. The molecule has 1 aromatic heterocycles. The molecule has 20 heavy (non-hydrogen) atoms. The first-order valence-corrected chi connectivity index (χ1v) is 8.68. The van der Waals surface area contributed by atoms with E-state index in [9.17, 15) is 14.7 Å². The van der Waals surface area contributed by atoms with E-state index in [1.54, 1.807) is 0 Å². The Hall–Kier alpha value is -0.720. The number of carbonyl (C=O) groups is 2. The molecule has 2 heterocycles. The number of thiophene rings is 1. The molecular weight excluding hydrogens is 318 g/mol. The lowest BCUT2D eigenvalue weighted by atomic mass is 10.0. The Kier molecular flexibility index (Phi) is 5.35. The van der Waals surface area contributed by atoms with Gasteiger partial charge in [-0.05, 0) is 24.5 Å². The number of amides is 1. The van der Waals surface area contributed by atoms with Crippen molar-refractivity contribution in [3.63, 3.8) is 0 Å². The highest BCUT2D eigenvalue weighted by molar-refractivity contribution is 7.99. The molecule has 0 saturated carbocycles. The van der Waals surface area contributed by atoms with Gasteiger partial charge in [-0.3, -0.25) is 4.79 Å². The Balaban J connectivity index is 1.84. The first-order valence-electron chi connectivity index (χ1n) is 6.33. The predicted octanol–water partition coefficient (Wildman–Crippen LogP) is 2.96. The maximum Gasteiger partial charge on any atom is 0.326 e. The highest BCUT2D eigenvalue weighted by atomic mass is 35.5. The SMILES string of the molecule is CC1CCN(C(=O)CSCc2ccc(Cl)s2)C1C(=O)O. The second-order valence-electron chi connectivity index (χ2n) is 4.83. The maximum atomic E-state index is 12.1. The fourth-order valence-electron chi connectivity index (χ4n) is 2.35. The van der Waals surface area contributed by atoms with Crippen LogP contribution < -0.4 is 0 Å². The number of carboxylic acid groups (broad SMARTS) is 1. The van der Waals surface area contributed by atoms with Gasteiger partial charge in [-0.1, -0.05) is 18.5 Å². The summed E-state index contributed by atoms with van der Waals surface area (Å²) in [6.07, 6.45) is 0.758. The van der Waals surface area contributed by atoms with Gasteiger partial charge in [0.25, 0.3) is 0 Å². The molecule has 2 atom stereocenters. The van der Waals surface area contributed by atoms with E-state index in [2.05, 4.69) is 0 Å². The molecule has 0 bridgehead atoms. The molecule has 1 fully saturated rings. The number of thioether (sulfide) groups is 1. The van der Waals surface area contributed by atoms with Crippen LogP contribution in [0.5, 0.6) is 0 Å². The van der Waals surface area contributed by atoms with Crippen LogP contribution in [0.1, 0.15) is 18.2 Å². The molecule has 110 valence electrons. The van der Waals surface area contributed by atoms with Crippen LogP contribution in [0.25, 0.3) is 0 Å². The third-order valence-electron chi connectivity index (χ3n) is 3.37. The summed E-state index contributed by atoms with van der Waals surface area (Å²) >= 11 is 8.84. The minimum Gasteiger partial charge on any atom is -0.480 e. The van der Waals surface area contributed by atoms with Crippen molar-refractivity contribution in [2.24, 2.45) is 5.92 Å². The molecule has 1 aliphatic rings. The Morgan fingerprint density at radius 3 is 2.90 bits per heavy atom. The number of carbonyl (C=O) groups excluding carboxylic acids is 1. The summed E-state index contributed by atoms with van der Waals surface area (Å²) in [5, 5.41) is 9.20. The van der Waals surface area contributed by atoms with Crippen LogP contribution in [0.3, 0.4) is 0 Å². The van der Waals surface area contributed by atoms with Gasteiger partial charge in [0.2, 0.25) is 5.91 Å². The number of carboxylic acids is 1. The first-order chi connectivity index (χ1) is 9.49. The average molecular weight is 334 g/mol. The molecular formula is C13H16ClNO3S2. The van der Waals surface area contributed by atoms with Crippen molar-refractivity contribution >= 4 is 46.6 Å². The average Bonchev–Trinajstić information content (AvgIpc) is 2.95. The number of rotatable bonds is 5. The maximum absolute atomic E-state index is 12.1. The fraction of sp³-hybridized carbons (Fsp3) is 0.538. The quantitative estimate of drug-likeness (QED) is 0.900. The Labute approximate surface area is 131 Å². The summed E-state index contributed by atoms with van der Waals surface area (Å²) in [5.41, 5.74) is 0. The third-order valence-corrected chi connectivity index (χ3v) is 5.75. The number of halogens is 1. The van der Waals surface area contributed by atoms with Gasteiger partial charge in [-0.25, -0.2) is 4.79 Å². The van der Waals surface area contributed by atoms with Gasteiger partial charge in [-0.2, -0.15) is 0 Å². The summed E-state index contributed by atoms with van der Waals surface area (Å²) < 4.78 is 0.742. The van der Waals surface area contributed by atoms with Crippen LogP contribution in [0.2, 0.25) is 4.34 Å². The van der Waals surface area contributed by atoms with Gasteiger partial charge < -0.3 is 10.0 Å². The van der Waals surface area contributed by atoms with E-state index in [4.69, 9.17) is 11.6 Å². The largest absolute Gasteiger partial charge is 0.480 e. The molecule has 2 unspecified atom stereocenters. The van der Waals surface area contributed by atoms with E-state index in [0.717, 1.165) is 21.4 Å². The Morgan fingerprint density at radius 1 is 1.55 bits per heavy atom. The minimum absolute atomic E-state index is 0.0255. The third kappa shape index (κ3) is 3.68. The summed E-state index contributed by atoms with van der Waals surface area (Å²) in [5.74, 6) is 0.0707. The van der Waals surface area contributed by atoms with Crippen LogP contribution in [-0.4, -0.2) is 40.2 Å². The second-order valence-corrected chi connectivity index (χ2v) is 7.62. The minimum atomic E-state index is -0.904. The zero-order valence-electron chi connectivity index (χ0n) is 11.0. The number of hydrogen-bond acceptors (Lipinski definition) is 4. The zero-order valence-corrected chi connectivity index (χ0v) is 13.4. The van der Waals surface area contributed by atoms with Crippen molar-refractivity contribution in [1.82, 2.24) is 4.90 Å². The smallest absolute Gasteiger partial charge is 0.326 e. The van der Waals surface area contributed by atoms with Crippen molar-refractivity contribution in [3.05, 3.63) is 21.3 Å². The van der Waals surface area contributed by atoms with E-state index in [-0.39, 0.29) is 11.8 Å². The van der Waals surface area contributed by atoms with Crippen molar-refractivity contribution in [3.8, 4) is 0 Å². The molecule has 0 aliphatic carbocycles. The molecule has 1 aromatic rings. The van der Waals surface area contributed by atoms with Gasteiger partial charge in [-0.15, -0.1) is 23.1 Å². The lowest BCUT2D eigenvalue weighted by Gasteiger charge is -2.23. The summed E-state index contributed by atoms with van der Waals surface area (Å²) in [6, 6.07) is 3.12. The van der Waals surface area contributed by atoms with E-state index in [1.807, 2.05) is 19.1 Å². The summed E-state index contributed by atoms with van der Waals surface area (Å²) in [6.45, 7) is 2.43. The van der Waals surface area contributed by atoms with Gasteiger partial charge in [0, 0.05) is 17.2 Å².